The zero-order valence-corrected chi connectivity index (χ0v) is 29.3. The van der Waals surface area contributed by atoms with Crippen LogP contribution in [0.15, 0.2) is 212 Å². The Morgan fingerprint density at radius 2 is 1.25 bits per heavy atom. The number of para-hydroxylation sites is 1. The number of nitrogens with zero attached hydrogens (tertiary/aromatic N) is 1. The highest BCUT2D eigenvalue weighted by atomic mass is 15.2. The molecule has 1 heteroatoms. The summed E-state index contributed by atoms with van der Waals surface area (Å²) in [5, 5.41) is 0. The molecule has 6 aromatic rings. The lowest BCUT2D eigenvalue weighted by Gasteiger charge is -2.45. The molecule has 6 aromatic carbocycles. The molecule has 248 valence electrons. The highest BCUT2D eigenvalue weighted by Crippen LogP contribution is 2.63. The Labute approximate surface area is 307 Å². The van der Waals surface area contributed by atoms with E-state index in [-0.39, 0.29) is 0 Å². The van der Waals surface area contributed by atoms with Gasteiger partial charge in [0.25, 0.3) is 0 Å². The minimum Gasteiger partial charge on any atom is -0.310 e. The first-order valence-electron chi connectivity index (χ1n) is 18.2. The molecule has 0 bridgehead atoms. The van der Waals surface area contributed by atoms with Gasteiger partial charge in [-0.15, -0.1) is 0 Å². The van der Waals surface area contributed by atoms with Gasteiger partial charge in [-0.3, -0.25) is 0 Å². The standard InChI is InChI=1S/C51H39N/c1-3-5-18-36(4-2)39-23-17-24-42(33-39)52-49-27-14-8-13-25-45(49)51(46-26-15-16-28-50(46)52)47-34-40(37-19-9-6-10-20-37)29-31-43(47)44-32-30-41(35-48(44)51)38-21-11-7-12-22-38/h3-7,9-35H,1,8H2,2H3/b18-5-,36-4+. The molecule has 1 nitrogen and oxygen atoms in total. The predicted octanol–water partition coefficient (Wildman–Crippen LogP) is 13.4. The molecule has 0 unspecified atom stereocenters. The van der Waals surface area contributed by atoms with Gasteiger partial charge in [-0.2, -0.15) is 0 Å². The summed E-state index contributed by atoms with van der Waals surface area (Å²) in [7, 11) is 0. The van der Waals surface area contributed by atoms with Gasteiger partial charge in [0.1, 0.15) is 0 Å². The van der Waals surface area contributed by atoms with Crippen LogP contribution in [0.3, 0.4) is 0 Å². The Morgan fingerprint density at radius 1 is 0.615 bits per heavy atom. The van der Waals surface area contributed by atoms with E-state index in [0.29, 0.717) is 0 Å². The number of fused-ring (bicyclic) bond motifs is 8. The number of benzene rings is 6. The fraction of sp³-hybridized carbons (Fsp3) is 0.0588. The Morgan fingerprint density at radius 3 is 1.90 bits per heavy atom. The molecule has 2 aliphatic carbocycles. The first-order chi connectivity index (χ1) is 25.7. The largest absolute Gasteiger partial charge is 0.310 e. The van der Waals surface area contributed by atoms with E-state index in [2.05, 4.69) is 200 Å². The van der Waals surface area contributed by atoms with E-state index in [4.69, 9.17) is 0 Å². The monoisotopic (exact) mass is 665 g/mol. The highest BCUT2D eigenvalue weighted by molar-refractivity contribution is 5.95. The van der Waals surface area contributed by atoms with Crippen molar-refractivity contribution >= 4 is 16.9 Å². The maximum Gasteiger partial charge on any atom is 0.0754 e. The highest BCUT2D eigenvalue weighted by Gasteiger charge is 2.52. The van der Waals surface area contributed by atoms with Crippen LogP contribution in [0.25, 0.3) is 39.0 Å². The number of allylic oxidation sites excluding steroid dienone is 10. The summed E-state index contributed by atoms with van der Waals surface area (Å²) in [6, 6.07) is 53.9. The van der Waals surface area contributed by atoms with Gasteiger partial charge >= 0.3 is 0 Å². The van der Waals surface area contributed by atoms with Gasteiger partial charge in [0.15, 0.2) is 0 Å². The minimum absolute atomic E-state index is 0.549. The van der Waals surface area contributed by atoms with Crippen LogP contribution in [-0.2, 0) is 5.41 Å². The van der Waals surface area contributed by atoms with Crippen molar-refractivity contribution in [2.24, 2.45) is 0 Å². The molecule has 0 fully saturated rings. The molecule has 0 amide bonds. The molecule has 0 N–H and O–H groups in total. The average Bonchev–Trinajstić information content (AvgIpc) is 3.30. The van der Waals surface area contributed by atoms with Gasteiger partial charge < -0.3 is 4.90 Å². The second-order valence-corrected chi connectivity index (χ2v) is 13.6. The van der Waals surface area contributed by atoms with Gasteiger partial charge in [-0.05, 0) is 117 Å². The lowest BCUT2D eigenvalue weighted by molar-refractivity contribution is 0.738. The molecule has 1 aliphatic heterocycles. The minimum atomic E-state index is -0.549. The zero-order chi connectivity index (χ0) is 35.1. The molecule has 9 rings (SSSR count). The maximum absolute atomic E-state index is 3.90. The second-order valence-electron chi connectivity index (χ2n) is 13.6. The van der Waals surface area contributed by atoms with Crippen molar-refractivity contribution in [3.05, 3.63) is 234 Å². The molecule has 1 heterocycles. The zero-order valence-electron chi connectivity index (χ0n) is 29.3. The fourth-order valence-corrected chi connectivity index (χ4v) is 8.55. The fourth-order valence-electron chi connectivity index (χ4n) is 8.55. The summed E-state index contributed by atoms with van der Waals surface area (Å²) in [5.41, 5.74) is 18.0. The quantitative estimate of drug-likeness (QED) is 0.160. The molecule has 3 aliphatic rings. The van der Waals surface area contributed by atoms with Crippen molar-refractivity contribution in [3.63, 3.8) is 0 Å². The number of hydrogen-bond acceptors (Lipinski definition) is 1. The molecule has 0 atom stereocenters. The molecular formula is C51H39N. The van der Waals surface area contributed by atoms with Crippen molar-refractivity contribution in [2.45, 2.75) is 18.8 Å². The molecular weight excluding hydrogens is 627 g/mol. The molecule has 52 heavy (non-hydrogen) atoms. The molecule has 0 saturated heterocycles. The van der Waals surface area contributed by atoms with E-state index in [1.807, 2.05) is 12.2 Å². The van der Waals surface area contributed by atoms with Crippen LogP contribution >= 0.6 is 0 Å². The molecule has 1 spiro atoms. The summed E-state index contributed by atoms with van der Waals surface area (Å²) < 4.78 is 0. The van der Waals surface area contributed by atoms with Gasteiger partial charge in [0.2, 0.25) is 0 Å². The van der Waals surface area contributed by atoms with Crippen LogP contribution in [-0.4, -0.2) is 0 Å². The predicted molar refractivity (Wildman–Crippen MR) is 221 cm³/mol. The van der Waals surface area contributed by atoms with Crippen molar-refractivity contribution in [3.8, 4) is 33.4 Å². The van der Waals surface area contributed by atoms with Crippen molar-refractivity contribution in [1.29, 1.82) is 0 Å². The van der Waals surface area contributed by atoms with E-state index in [9.17, 15) is 0 Å². The third-order valence-corrected chi connectivity index (χ3v) is 10.8. The Hall–Kier alpha value is -6.44. The van der Waals surface area contributed by atoms with E-state index in [1.165, 1.54) is 72.6 Å². The van der Waals surface area contributed by atoms with Crippen LogP contribution in [0.5, 0.6) is 0 Å². The first-order valence-corrected chi connectivity index (χ1v) is 18.2. The Bertz CT molecular complexity index is 2420. The van der Waals surface area contributed by atoms with Crippen LogP contribution in [0.2, 0.25) is 0 Å². The van der Waals surface area contributed by atoms with E-state index in [0.717, 1.165) is 17.7 Å². The van der Waals surface area contributed by atoms with E-state index < -0.39 is 5.41 Å². The van der Waals surface area contributed by atoms with Gasteiger partial charge in [-0.25, -0.2) is 0 Å². The van der Waals surface area contributed by atoms with Crippen LogP contribution < -0.4 is 4.90 Å². The normalized spacial score (nSPS) is 15.3. The van der Waals surface area contributed by atoms with Crippen LogP contribution in [0, 0.1) is 0 Å². The average molecular weight is 666 g/mol. The lowest BCUT2D eigenvalue weighted by Crippen LogP contribution is -2.38. The topological polar surface area (TPSA) is 3.24 Å². The Kier molecular flexibility index (Phi) is 7.90. The van der Waals surface area contributed by atoms with Crippen LogP contribution in [0.4, 0.5) is 11.4 Å². The third kappa shape index (κ3) is 4.93. The third-order valence-electron chi connectivity index (χ3n) is 10.8. The first kappa shape index (κ1) is 31.5. The van der Waals surface area contributed by atoms with Crippen molar-refractivity contribution in [2.75, 3.05) is 4.90 Å². The van der Waals surface area contributed by atoms with Crippen LogP contribution in [0.1, 0.15) is 35.6 Å². The SMILES string of the molecule is C=C/C=C\C(=C/C)c1cccc(N2C3=C(C=CCC=C3)C3(c4cc(-c5ccccc5)ccc4-c4ccc(-c5ccccc5)cc43)c3ccccc32)c1. The molecule has 0 saturated carbocycles. The van der Waals surface area contributed by atoms with Gasteiger partial charge in [0, 0.05) is 5.69 Å². The smallest absolute Gasteiger partial charge is 0.0754 e. The Balaban J connectivity index is 1.37. The molecule has 0 aromatic heterocycles. The number of hydrogen-bond donors (Lipinski definition) is 0. The summed E-state index contributed by atoms with van der Waals surface area (Å²) in [5.74, 6) is 0. The van der Waals surface area contributed by atoms with Gasteiger partial charge in [0.05, 0.1) is 16.8 Å². The van der Waals surface area contributed by atoms with Crippen molar-refractivity contribution in [1.82, 2.24) is 0 Å². The second kappa shape index (κ2) is 13.0. The summed E-state index contributed by atoms with van der Waals surface area (Å²) in [4.78, 5) is 2.48. The number of anilines is 2. The summed E-state index contributed by atoms with van der Waals surface area (Å²) >= 11 is 0. The lowest BCUT2D eigenvalue weighted by atomic mass is 9.63. The van der Waals surface area contributed by atoms with E-state index in [1.54, 1.807) is 0 Å². The molecule has 0 radical (unpaired) electrons. The summed E-state index contributed by atoms with van der Waals surface area (Å²) in [6.07, 6.45) is 18.4. The van der Waals surface area contributed by atoms with E-state index >= 15 is 0 Å². The van der Waals surface area contributed by atoms with Gasteiger partial charge in [-0.1, -0.05) is 164 Å². The summed E-state index contributed by atoms with van der Waals surface area (Å²) in [6.45, 7) is 5.99. The van der Waals surface area contributed by atoms with Crippen molar-refractivity contribution < 1.29 is 0 Å². The maximum atomic E-state index is 3.90. The number of rotatable bonds is 6.